The molecule has 92 valence electrons. The van der Waals surface area contributed by atoms with Crippen molar-refractivity contribution in [2.45, 2.75) is 32.7 Å². The molecule has 0 aliphatic heterocycles. The van der Waals surface area contributed by atoms with Crippen molar-refractivity contribution in [3.8, 4) is 11.8 Å². The van der Waals surface area contributed by atoms with Crippen LogP contribution in [0.25, 0.3) is 0 Å². The van der Waals surface area contributed by atoms with Crippen LogP contribution in [0.3, 0.4) is 0 Å². The van der Waals surface area contributed by atoms with Gasteiger partial charge in [-0.15, -0.1) is 11.3 Å². The second-order valence-electron chi connectivity index (χ2n) is 3.72. The summed E-state index contributed by atoms with van der Waals surface area (Å²) in [6, 6.07) is 3.81. The molecule has 0 bridgehead atoms. The fourth-order valence-corrected chi connectivity index (χ4v) is 1.91. The first kappa shape index (κ1) is 13.8. The lowest BCUT2D eigenvalue weighted by molar-refractivity contribution is 0.0943. The summed E-state index contributed by atoms with van der Waals surface area (Å²) in [5.41, 5.74) is 0. The fourth-order valence-electron chi connectivity index (χ4n) is 1.13. The summed E-state index contributed by atoms with van der Waals surface area (Å²) in [6.07, 6.45) is 1.38. The molecule has 1 atom stereocenters. The van der Waals surface area contributed by atoms with Crippen molar-refractivity contribution < 1.29 is 9.90 Å². The van der Waals surface area contributed by atoms with Crippen molar-refractivity contribution in [3.63, 3.8) is 0 Å². The number of hydrogen-bond acceptors (Lipinski definition) is 3. The Bertz CT molecular complexity index is 428. The van der Waals surface area contributed by atoms with Gasteiger partial charge in [0.25, 0.3) is 5.91 Å². The van der Waals surface area contributed by atoms with Gasteiger partial charge in [0, 0.05) is 12.5 Å². The van der Waals surface area contributed by atoms with Crippen LogP contribution in [0.4, 0.5) is 0 Å². The minimum Gasteiger partial charge on any atom is -0.395 e. The molecule has 0 aromatic carbocycles. The number of carbonyl (C=O) groups is 1. The Morgan fingerprint density at radius 3 is 3.00 bits per heavy atom. The number of nitrogens with one attached hydrogen (secondary N) is 1. The normalized spacial score (nSPS) is 11.5. The van der Waals surface area contributed by atoms with Crippen molar-refractivity contribution in [1.29, 1.82) is 0 Å². The molecule has 17 heavy (non-hydrogen) atoms. The molecule has 0 radical (unpaired) electrons. The lowest BCUT2D eigenvalue weighted by Gasteiger charge is -2.09. The third kappa shape index (κ3) is 4.59. The molecular weight excluding hydrogens is 234 g/mol. The maximum atomic E-state index is 11.8. The van der Waals surface area contributed by atoms with Crippen molar-refractivity contribution in [2.75, 3.05) is 6.61 Å². The van der Waals surface area contributed by atoms with Gasteiger partial charge < -0.3 is 10.4 Å². The second kappa shape index (κ2) is 7.10. The lowest BCUT2D eigenvalue weighted by Crippen LogP contribution is -2.31. The van der Waals surface area contributed by atoms with Gasteiger partial charge in [0.1, 0.15) is 0 Å². The molecule has 1 heterocycles. The van der Waals surface area contributed by atoms with Crippen molar-refractivity contribution in [3.05, 3.63) is 21.9 Å². The largest absolute Gasteiger partial charge is 0.395 e. The number of aliphatic hydroxyl groups excluding tert-OH is 1. The highest BCUT2D eigenvalue weighted by atomic mass is 32.1. The van der Waals surface area contributed by atoms with E-state index >= 15 is 0 Å². The highest BCUT2D eigenvalue weighted by molar-refractivity contribution is 7.14. The number of hydrogen-bond donors (Lipinski definition) is 2. The van der Waals surface area contributed by atoms with Gasteiger partial charge in [-0.1, -0.05) is 18.8 Å². The van der Waals surface area contributed by atoms with Crippen LogP contribution in [0.2, 0.25) is 0 Å². The van der Waals surface area contributed by atoms with Crippen LogP contribution in [0, 0.1) is 11.8 Å². The van der Waals surface area contributed by atoms with Crippen molar-refractivity contribution >= 4 is 17.2 Å². The van der Waals surface area contributed by atoms with Gasteiger partial charge in [0.2, 0.25) is 0 Å². The van der Waals surface area contributed by atoms with E-state index in [0.717, 1.165) is 11.3 Å². The van der Waals surface area contributed by atoms with Crippen LogP contribution in [-0.4, -0.2) is 23.7 Å². The standard InChI is InChI=1S/C13H17NO2S/c1-3-10(2)14-13(16)12-8-7-11(17-12)6-4-5-9-15/h7-8,10,15H,3,5,9H2,1-2H3,(H,14,16). The minimum atomic E-state index is -0.0421. The van der Waals surface area contributed by atoms with E-state index in [0.29, 0.717) is 11.3 Å². The van der Waals surface area contributed by atoms with E-state index in [4.69, 9.17) is 5.11 Å². The predicted octanol–water partition coefficient (Wildman–Crippen LogP) is 2.01. The monoisotopic (exact) mass is 251 g/mol. The summed E-state index contributed by atoms with van der Waals surface area (Å²) in [7, 11) is 0. The maximum Gasteiger partial charge on any atom is 0.261 e. The average Bonchev–Trinajstić information content (AvgIpc) is 2.78. The Kier molecular flexibility index (Phi) is 5.75. The molecule has 0 aliphatic carbocycles. The molecule has 1 aromatic heterocycles. The quantitative estimate of drug-likeness (QED) is 0.804. The van der Waals surface area contributed by atoms with Gasteiger partial charge in [0.15, 0.2) is 0 Å². The first-order valence-corrected chi connectivity index (χ1v) is 6.49. The van der Waals surface area contributed by atoms with E-state index in [1.807, 2.05) is 19.9 Å². The third-order valence-electron chi connectivity index (χ3n) is 2.27. The van der Waals surface area contributed by atoms with Crippen LogP contribution in [0.1, 0.15) is 41.2 Å². The summed E-state index contributed by atoms with van der Waals surface area (Å²) < 4.78 is 0. The van der Waals surface area contributed by atoms with Crippen LogP contribution in [-0.2, 0) is 0 Å². The smallest absolute Gasteiger partial charge is 0.261 e. The van der Waals surface area contributed by atoms with Gasteiger partial charge in [-0.2, -0.15) is 0 Å². The number of carbonyl (C=O) groups excluding carboxylic acids is 1. The van der Waals surface area contributed by atoms with Crippen molar-refractivity contribution in [2.24, 2.45) is 0 Å². The van der Waals surface area contributed by atoms with E-state index < -0.39 is 0 Å². The Hall–Kier alpha value is -1.31. The first-order chi connectivity index (χ1) is 8.17. The number of rotatable bonds is 4. The molecular formula is C13H17NO2S. The summed E-state index contributed by atoms with van der Waals surface area (Å²) in [5.74, 6) is 5.71. The summed E-state index contributed by atoms with van der Waals surface area (Å²) in [4.78, 5) is 13.3. The summed E-state index contributed by atoms with van der Waals surface area (Å²) in [5, 5.41) is 11.5. The highest BCUT2D eigenvalue weighted by Gasteiger charge is 2.10. The van der Waals surface area contributed by atoms with E-state index in [9.17, 15) is 4.79 Å². The molecule has 2 N–H and O–H groups in total. The van der Waals surface area contributed by atoms with Gasteiger partial charge in [-0.25, -0.2) is 0 Å². The Morgan fingerprint density at radius 2 is 2.35 bits per heavy atom. The number of amides is 1. The van der Waals surface area contributed by atoms with Gasteiger partial charge in [-0.3, -0.25) is 4.79 Å². The van der Waals surface area contributed by atoms with Gasteiger partial charge in [0.05, 0.1) is 16.4 Å². The summed E-state index contributed by atoms with van der Waals surface area (Å²) >= 11 is 1.38. The maximum absolute atomic E-state index is 11.8. The Balaban J connectivity index is 2.62. The Labute approximate surface area is 106 Å². The van der Waals surface area contributed by atoms with Crippen LogP contribution < -0.4 is 5.32 Å². The average molecular weight is 251 g/mol. The fraction of sp³-hybridized carbons (Fsp3) is 0.462. The SMILES string of the molecule is CCC(C)NC(=O)c1ccc(C#CCCO)s1. The zero-order valence-corrected chi connectivity index (χ0v) is 10.9. The van der Waals surface area contributed by atoms with Gasteiger partial charge in [-0.05, 0) is 25.5 Å². The molecule has 1 rings (SSSR count). The molecule has 0 saturated carbocycles. The topological polar surface area (TPSA) is 49.3 Å². The molecule has 1 amide bonds. The van der Waals surface area contributed by atoms with E-state index in [-0.39, 0.29) is 18.6 Å². The minimum absolute atomic E-state index is 0.0421. The number of aliphatic hydroxyl groups is 1. The number of thiophene rings is 1. The molecule has 0 spiro atoms. The first-order valence-electron chi connectivity index (χ1n) is 5.67. The van der Waals surface area contributed by atoms with E-state index in [1.165, 1.54) is 11.3 Å². The highest BCUT2D eigenvalue weighted by Crippen LogP contribution is 2.15. The molecule has 3 nitrogen and oxygen atoms in total. The summed E-state index contributed by atoms with van der Waals surface area (Å²) in [6.45, 7) is 4.08. The zero-order valence-electron chi connectivity index (χ0n) is 10.1. The van der Waals surface area contributed by atoms with Crippen LogP contribution in [0.15, 0.2) is 12.1 Å². The second-order valence-corrected chi connectivity index (χ2v) is 4.81. The molecule has 0 saturated heterocycles. The van der Waals surface area contributed by atoms with Crippen LogP contribution >= 0.6 is 11.3 Å². The zero-order chi connectivity index (χ0) is 12.7. The van der Waals surface area contributed by atoms with Gasteiger partial charge >= 0.3 is 0 Å². The van der Waals surface area contributed by atoms with Crippen molar-refractivity contribution in [1.82, 2.24) is 5.32 Å². The molecule has 1 aromatic rings. The molecule has 1 unspecified atom stereocenters. The third-order valence-corrected chi connectivity index (χ3v) is 3.27. The lowest BCUT2D eigenvalue weighted by atomic mass is 10.2. The Morgan fingerprint density at radius 1 is 1.59 bits per heavy atom. The molecule has 0 aliphatic rings. The molecule has 0 fully saturated rings. The van der Waals surface area contributed by atoms with E-state index in [1.54, 1.807) is 6.07 Å². The molecule has 4 heteroatoms. The predicted molar refractivity (Wildman–Crippen MR) is 70.1 cm³/mol. The van der Waals surface area contributed by atoms with Crippen LogP contribution in [0.5, 0.6) is 0 Å². The van der Waals surface area contributed by atoms with E-state index in [2.05, 4.69) is 17.2 Å².